The molecule has 0 unspecified atom stereocenters. The van der Waals surface area contributed by atoms with Gasteiger partial charge < -0.3 is 9.64 Å². The molecule has 31 heavy (non-hydrogen) atoms. The number of Topliss-reactive ketones (excluding diaryl/α,β-unsaturated/α-hetero) is 1. The van der Waals surface area contributed by atoms with Crippen LogP contribution in [0.2, 0.25) is 5.02 Å². The van der Waals surface area contributed by atoms with Gasteiger partial charge in [-0.05, 0) is 42.7 Å². The minimum Gasteiger partial charge on any atom is -0.489 e. The minimum absolute atomic E-state index is 0.0374. The van der Waals surface area contributed by atoms with Crippen LogP contribution in [0.3, 0.4) is 0 Å². The fourth-order valence-corrected chi connectivity index (χ4v) is 4.02. The maximum Gasteiger partial charge on any atom is 0.217 e. The van der Waals surface area contributed by atoms with Crippen LogP contribution in [-0.2, 0) is 6.54 Å². The van der Waals surface area contributed by atoms with E-state index in [1.165, 1.54) is 0 Å². The first-order valence-corrected chi connectivity index (χ1v) is 10.8. The number of thiocarbonyl (C=S) groups is 1. The lowest BCUT2D eigenvalue weighted by atomic mass is 10.0. The van der Waals surface area contributed by atoms with Crippen LogP contribution in [0.5, 0.6) is 5.75 Å². The average molecular weight is 456 g/mol. The molecule has 0 aliphatic carbocycles. The van der Waals surface area contributed by atoms with Crippen LogP contribution in [0.15, 0.2) is 48.9 Å². The smallest absolute Gasteiger partial charge is 0.217 e. The van der Waals surface area contributed by atoms with Gasteiger partial charge in [0.25, 0.3) is 0 Å². The molecule has 1 atom stereocenters. The molecular formula is C22H22ClN5O2S. The summed E-state index contributed by atoms with van der Waals surface area (Å²) in [5, 5.41) is 4.98. The van der Waals surface area contributed by atoms with Gasteiger partial charge >= 0.3 is 0 Å². The zero-order valence-corrected chi connectivity index (χ0v) is 18.6. The van der Waals surface area contributed by atoms with Gasteiger partial charge in [0.2, 0.25) is 11.6 Å². The quantitative estimate of drug-likeness (QED) is 0.390. The van der Waals surface area contributed by atoms with Gasteiger partial charge in [-0.15, -0.1) is 5.10 Å². The maximum atomic E-state index is 12.6. The lowest BCUT2D eigenvalue weighted by molar-refractivity contribution is 0.0967. The van der Waals surface area contributed by atoms with Crippen molar-refractivity contribution in [2.45, 2.75) is 25.8 Å². The van der Waals surface area contributed by atoms with Crippen LogP contribution < -0.4 is 9.64 Å². The molecule has 0 saturated heterocycles. The molecule has 0 fully saturated rings. The van der Waals surface area contributed by atoms with E-state index < -0.39 is 0 Å². The van der Waals surface area contributed by atoms with Crippen molar-refractivity contribution >= 4 is 40.4 Å². The molecule has 0 spiro atoms. The molecule has 1 aliphatic rings. The highest BCUT2D eigenvalue weighted by Crippen LogP contribution is 2.31. The predicted molar refractivity (Wildman–Crippen MR) is 123 cm³/mol. The molecule has 3 heterocycles. The Balaban J connectivity index is 1.30. The van der Waals surface area contributed by atoms with Gasteiger partial charge in [0.05, 0.1) is 18.1 Å². The van der Waals surface area contributed by atoms with Crippen LogP contribution in [0.1, 0.15) is 35.4 Å². The summed E-state index contributed by atoms with van der Waals surface area (Å²) in [5.74, 6) is 1.63. The minimum atomic E-state index is -0.0800. The van der Waals surface area contributed by atoms with Crippen molar-refractivity contribution < 1.29 is 9.53 Å². The molecule has 1 aromatic carbocycles. The van der Waals surface area contributed by atoms with E-state index in [-0.39, 0.29) is 17.5 Å². The summed E-state index contributed by atoms with van der Waals surface area (Å²) in [6, 6.07) is 11.3. The molecule has 0 N–H and O–H groups in total. The van der Waals surface area contributed by atoms with E-state index in [0.717, 1.165) is 28.5 Å². The Morgan fingerprint density at radius 2 is 2.16 bits per heavy atom. The number of anilines is 1. The fourth-order valence-electron chi connectivity index (χ4n) is 3.54. The lowest BCUT2D eigenvalue weighted by Gasteiger charge is -2.21. The first kappa shape index (κ1) is 21.4. The van der Waals surface area contributed by atoms with E-state index in [1.807, 2.05) is 48.3 Å². The molecule has 1 aliphatic heterocycles. The SMILES string of the molecule is CN1C(=S)[C@@H](CCCC(=O)c2ncn(Cc3cccc(Cl)c3)n2)COc2cccnc21. The summed E-state index contributed by atoms with van der Waals surface area (Å²) in [5.41, 5.74) is 0.998. The van der Waals surface area contributed by atoms with E-state index in [4.69, 9.17) is 28.6 Å². The van der Waals surface area contributed by atoms with E-state index in [2.05, 4.69) is 15.1 Å². The summed E-state index contributed by atoms with van der Waals surface area (Å²) in [7, 11) is 1.90. The number of pyridine rings is 1. The Morgan fingerprint density at radius 3 is 3.00 bits per heavy atom. The van der Waals surface area contributed by atoms with Gasteiger partial charge in [0, 0.05) is 30.6 Å². The zero-order chi connectivity index (χ0) is 21.8. The van der Waals surface area contributed by atoms with E-state index in [1.54, 1.807) is 17.2 Å². The molecule has 2 aromatic heterocycles. The maximum absolute atomic E-state index is 12.6. The average Bonchev–Trinajstić information content (AvgIpc) is 3.19. The Bertz CT molecular complexity index is 1100. The van der Waals surface area contributed by atoms with Crippen LogP contribution in [-0.4, -0.2) is 44.2 Å². The first-order valence-electron chi connectivity index (χ1n) is 10.0. The third-order valence-corrected chi connectivity index (χ3v) is 6.01. The number of fused-ring (bicyclic) bond motifs is 1. The zero-order valence-electron chi connectivity index (χ0n) is 17.1. The van der Waals surface area contributed by atoms with Gasteiger partial charge in [0.1, 0.15) is 6.33 Å². The van der Waals surface area contributed by atoms with Crippen molar-refractivity contribution in [1.82, 2.24) is 19.7 Å². The lowest BCUT2D eigenvalue weighted by Crippen LogP contribution is -2.32. The summed E-state index contributed by atoms with van der Waals surface area (Å²) in [4.78, 5) is 23.8. The second kappa shape index (κ2) is 9.53. The van der Waals surface area contributed by atoms with Crippen molar-refractivity contribution in [3.05, 3.63) is 65.3 Å². The number of hydrogen-bond acceptors (Lipinski definition) is 6. The van der Waals surface area contributed by atoms with Crippen LogP contribution in [0, 0.1) is 5.92 Å². The largest absolute Gasteiger partial charge is 0.489 e. The number of aromatic nitrogens is 4. The Labute approximate surface area is 191 Å². The molecule has 0 radical (unpaired) electrons. The summed E-state index contributed by atoms with van der Waals surface area (Å²) >= 11 is 11.7. The molecule has 4 rings (SSSR count). The highest BCUT2D eigenvalue weighted by Gasteiger charge is 2.27. The number of carbonyl (C=O) groups excluding carboxylic acids is 1. The summed E-state index contributed by atoms with van der Waals surface area (Å²) in [6.45, 7) is 0.984. The first-order chi connectivity index (χ1) is 15.0. The van der Waals surface area contributed by atoms with Gasteiger partial charge in [-0.25, -0.2) is 14.6 Å². The normalized spacial score (nSPS) is 15.9. The third kappa shape index (κ3) is 5.08. The van der Waals surface area contributed by atoms with Crippen molar-refractivity contribution in [2.24, 2.45) is 5.92 Å². The standard InChI is InChI=1S/C22H22ClN5O2S/c1-27-21-19(9-4-10-24-21)30-13-16(22(27)31)6-3-8-18(29)20-25-14-28(26-20)12-15-5-2-7-17(23)11-15/h2,4-5,7,9-11,14,16H,3,6,8,12-13H2,1H3/t16-/m0/s1. The van der Waals surface area contributed by atoms with Crippen LogP contribution in [0.4, 0.5) is 5.82 Å². The van der Waals surface area contributed by atoms with Gasteiger partial charge in [0.15, 0.2) is 11.6 Å². The number of benzene rings is 1. The van der Waals surface area contributed by atoms with E-state index in [9.17, 15) is 4.79 Å². The van der Waals surface area contributed by atoms with Gasteiger partial charge in [-0.2, -0.15) is 0 Å². The number of nitrogens with zero attached hydrogens (tertiary/aromatic N) is 5. The monoisotopic (exact) mass is 455 g/mol. The van der Waals surface area contributed by atoms with Gasteiger partial charge in [-0.1, -0.05) is 36.0 Å². The number of ether oxygens (including phenoxy) is 1. The van der Waals surface area contributed by atoms with Crippen LogP contribution in [0.25, 0.3) is 0 Å². The molecule has 0 bridgehead atoms. The van der Waals surface area contributed by atoms with Crippen molar-refractivity contribution in [3.63, 3.8) is 0 Å². The molecule has 0 saturated carbocycles. The van der Waals surface area contributed by atoms with E-state index >= 15 is 0 Å². The number of halogens is 1. The van der Waals surface area contributed by atoms with Crippen molar-refractivity contribution in [1.29, 1.82) is 0 Å². The van der Waals surface area contributed by atoms with Crippen LogP contribution >= 0.6 is 23.8 Å². The number of carbonyl (C=O) groups is 1. The second-order valence-electron chi connectivity index (χ2n) is 7.44. The number of ketones is 1. The molecule has 3 aromatic rings. The molecule has 160 valence electrons. The number of rotatable bonds is 7. The third-order valence-electron chi connectivity index (χ3n) is 5.16. The fraction of sp³-hybridized carbons (Fsp3) is 0.318. The molecule has 7 nitrogen and oxygen atoms in total. The number of hydrogen-bond donors (Lipinski definition) is 0. The summed E-state index contributed by atoms with van der Waals surface area (Å²) in [6.07, 6.45) is 5.06. The summed E-state index contributed by atoms with van der Waals surface area (Å²) < 4.78 is 7.54. The Hall–Kier alpha value is -2.84. The predicted octanol–water partition coefficient (Wildman–Crippen LogP) is 4.20. The highest BCUT2D eigenvalue weighted by molar-refractivity contribution is 7.80. The second-order valence-corrected chi connectivity index (χ2v) is 8.30. The van der Waals surface area contributed by atoms with Crippen molar-refractivity contribution in [3.8, 4) is 5.75 Å². The Morgan fingerprint density at radius 1 is 1.29 bits per heavy atom. The van der Waals surface area contributed by atoms with Gasteiger partial charge in [-0.3, -0.25) is 4.79 Å². The Kier molecular flexibility index (Phi) is 6.58. The molecule has 0 amide bonds. The highest BCUT2D eigenvalue weighted by atomic mass is 35.5. The van der Waals surface area contributed by atoms with E-state index in [0.29, 0.717) is 31.0 Å². The molecular weight excluding hydrogens is 434 g/mol. The van der Waals surface area contributed by atoms with Crippen molar-refractivity contribution in [2.75, 3.05) is 18.6 Å². The topological polar surface area (TPSA) is 73.1 Å². The molecule has 9 heteroatoms.